The van der Waals surface area contributed by atoms with Crippen LogP contribution in [0.3, 0.4) is 0 Å². The SMILES string of the molecule is CC(C)CCCCCCOCCOCCNC(C)C. The van der Waals surface area contributed by atoms with Crippen LogP contribution in [0.15, 0.2) is 0 Å². The van der Waals surface area contributed by atoms with Gasteiger partial charge in [0, 0.05) is 19.2 Å². The average Bonchev–Trinajstić information content (AvgIpc) is 2.34. The van der Waals surface area contributed by atoms with Gasteiger partial charge in [-0.15, -0.1) is 0 Å². The molecule has 1 N–H and O–H groups in total. The molecule has 0 bridgehead atoms. The Hall–Kier alpha value is -0.120. The Balaban J connectivity index is 2.95. The quantitative estimate of drug-likeness (QED) is 0.490. The molecule has 0 spiro atoms. The van der Waals surface area contributed by atoms with Gasteiger partial charge in [-0.2, -0.15) is 0 Å². The monoisotopic (exact) mass is 273 g/mol. The van der Waals surface area contributed by atoms with Crippen molar-refractivity contribution in [3.63, 3.8) is 0 Å². The van der Waals surface area contributed by atoms with E-state index in [4.69, 9.17) is 9.47 Å². The van der Waals surface area contributed by atoms with Crippen LogP contribution >= 0.6 is 0 Å². The van der Waals surface area contributed by atoms with Crippen molar-refractivity contribution in [3.05, 3.63) is 0 Å². The lowest BCUT2D eigenvalue weighted by Gasteiger charge is -2.09. The van der Waals surface area contributed by atoms with Gasteiger partial charge >= 0.3 is 0 Å². The smallest absolute Gasteiger partial charge is 0.0701 e. The second-order valence-corrected chi connectivity index (χ2v) is 5.93. The summed E-state index contributed by atoms with van der Waals surface area (Å²) in [6.07, 6.45) is 6.56. The molecule has 0 amide bonds. The van der Waals surface area contributed by atoms with Crippen LogP contribution in [-0.2, 0) is 9.47 Å². The number of nitrogens with one attached hydrogen (secondary N) is 1. The molecule has 116 valence electrons. The molecule has 0 aromatic carbocycles. The zero-order valence-corrected chi connectivity index (χ0v) is 13.5. The van der Waals surface area contributed by atoms with Gasteiger partial charge in [-0.05, 0) is 12.3 Å². The molecule has 0 saturated carbocycles. The topological polar surface area (TPSA) is 30.5 Å². The Bertz CT molecular complexity index is 154. The van der Waals surface area contributed by atoms with Gasteiger partial charge < -0.3 is 14.8 Å². The zero-order valence-electron chi connectivity index (χ0n) is 13.5. The van der Waals surface area contributed by atoms with Gasteiger partial charge in [0.2, 0.25) is 0 Å². The van der Waals surface area contributed by atoms with Crippen LogP contribution in [-0.4, -0.2) is 39.0 Å². The van der Waals surface area contributed by atoms with E-state index in [2.05, 4.69) is 33.0 Å². The molecule has 3 nitrogen and oxygen atoms in total. The van der Waals surface area contributed by atoms with E-state index in [0.29, 0.717) is 12.6 Å². The van der Waals surface area contributed by atoms with E-state index in [1.165, 1.54) is 32.1 Å². The molecule has 0 rings (SSSR count). The summed E-state index contributed by atoms with van der Waals surface area (Å²) in [4.78, 5) is 0. The van der Waals surface area contributed by atoms with E-state index in [-0.39, 0.29) is 0 Å². The van der Waals surface area contributed by atoms with Gasteiger partial charge in [0.15, 0.2) is 0 Å². The van der Waals surface area contributed by atoms with Gasteiger partial charge in [0.05, 0.1) is 19.8 Å². The highest BCUT2D eigenvalue weighted by Crippen LogP contribution is 2.09. The summed E-state index contributed by atoms with van der Waals surface area (Å²) in [6, 6.07) is 0.538. The average molecular weight is 273 g/mol. The van der Waals surface area contributed by atoms with E-state index in [1.807, 2.05) is 0 Å². The fourth-order valence-corrected chi connectivity index (χ4v) is 1.85. The first-order valence-electron chi connectivity index (χ1n) is 8.01. The second kappa shape index (κ2) is 14.3. The minimum absolute atomic E-state index is 0.538. The van der Waals surface area contributed by atoms with Crippen molar-refractivity contribution in [2.75, 3.05) is 33.0 Å². The summed E-state index contributed by atoms with van der Waals surface area (Å²) >= 11 is 0. The molecule has 0 aliphatic heterocycles. The third kappa shape index (κ3) is 17.9. The molecule has 0 aromatic rings. The highest BCUT2D eigenvalue weighted by Gasteiger charge is 1.95. The predicted octanol–water partition coefficient (Wildman–Crippen LogP) is 3.62. The van der Waals surface area contributed by atoms with Gasteiger partial charge in [0.25, 0.3) is 0 Å². The predicted molar refractivity (Wildman–Crippen MR) is 82.7 cm³/mol. The molecule has 0 fully saturated rings. The molecule has 0 aromatic heterocycles. The highest BCUT2D eigenvalue weighted by atomic mass is 16.5. The van der Waals surface area contributed by atoms with Crippen LogP contribution in [0, 0.1) is 5.92 Å². The molecule has 0 aliphatic carbocycles. The maximum Gasteiger partial charge on any atom is 0.0701 e. The van der Waals surface area contributed by atoms with Crippen LogP contribution in [0.4, 0.5) is 0 Å². The lowest BCUT2D eigenvalue weighted by molar-refractivity contribution is 0.0469. The number of hydrogen-bond acceptors (Lipinski definition) is 3. The van der Waals surface area contributed by atoms with Crippen LogP contribution < -0.4 is 5.32 Å². The Morgan fingerprint density at radius 3 is 2.00 bits per heavy atom. The second-order valence-electron chi connectivity index (χ2n) is 5.93. The molecule has 0 radical (unpaired) electrons. The van der Waals surface area contributed by atoms with Gasteiger partial charge in [-0.3, -0.25) is 0 Å². The summed E-state index contributed by atoms with van der Waals surface area (Å²) in [6.45, 7) is 12.9. The van der Waals surface area contributed by atoms with Crippen LogP contribution in [0.2, 0.25) is 0 Å². The van der Waals surface area contributed by atoms with Crippen molar-refractivity contribution < 1.29 is 9.47 Å². The number of rotatable bonds is 14. The van der Waals surface area contributed by atoms with Crippen LogP contribution in [0.25, 0.3) is 0 Å². The van der Waals surface area contributed by atoms with E-state index in [9.17, 15) is 0 Å². The summed E-state index contributed by atoms with van der Waals surface area (Å²) < 4.78 is 11.0. The van der Waals surface area contributed by atoms with Crippen LogP contribution in [0.1, 0.15) is 59.8 Å². The minimum Gasteiger partial charge on any atom is -0.379 e. The first-order chi connectivity index (χ1) is 9.13. The van der Waals surface area contributed by atoms with E-state index < -0.39 is 0 Å². The van der Waals surface area contributed by atoms with E-state index in [0.717, 1.165) is 32.3 Å². The van der Waals surface area contributed by atoms with Crippen molar-refractivity contribution in [1.29, 1.82) is 0 Å². The summed E-state index contributed by atoms with van der Waals surface area (Å²) in [5.41, 5.74) is 0. The first kappa shape index (κ1) is 18.9. The lowest BCUT2D eigenvalue weighted by Crippen LogP contribution is -2.27. The van der Waals surface area contributed by atoms with Gasteiger partial charge in [-0.1, -0.05) is 53.4 Å². The number of hydrogen-bond donors (Lipinski definition) is 1. The Labute approximate surface area is 120 Å². The molecular weight excluding hydrogens is 238 g/mol. The maximum absolute atomic E-state index is 5.54. The molecular formula is C16H35NO2. The summed E-state index contributed by atoms with van der Waals surface area (Å²) in [5.74, 6) is 0.846. The van der Waals surface area contributed by atoms with Crippen LogP contribution in [0.5, 0.6) is 0 Å². The molecule has 0 heterocycles. The maximum atomic E-state index is 5.54. The van der Waals surface area contributed by atoms with E-state index >= 15 is 0 Å². The lowest BCUT2D eigenvalue weighted by atomic mass is 10.0. The third-order valence-electron chi connectivity index (χ3n) is 2.99. The van der Waals surface area contributed by atoms with Crippen molar-refractivity contribution in [1.82, 2.24) is 5.32 Å². The van der Waals surface area contributed by atoms with Crippen molar-refractivity contribution >= 4 is 0 Å². The molecule has 0 saturated heterocycles. The fourth-order valence-electron chi connectivity index (χ4n) is 1.85. The minimum atomic E-state index is 0.538. The van der Waals surface area contributed by atoms with Gasteiger partial charge in [-0.25, -0.2) is 0 Å². The molecule has 0 atom stereocenters. The van der Waals surface area contributed by atoms with Crippen molar-refractivity contribution in [3.8, 4) is 0 Å². The summed E-state index contributed by atoms with van der Waals surface area (Å²) in [7, 11) is 0. The molecule has 3 heteroatoms. The molecule has 0 unspecified atom stereocenters. The number of unbranched alkanes of at least 4 members (excludes halogenated alkanes) is 3. The standard InChI is InChI=1S/C16H35NO2/c1-15(2)9-7-5-6-8-11-18-13-14-19-12-10-17-16(3)4/h15-17H,5-14H2,1-4H3. The fraction of sp³-hybridized carbons (Fsp3) is 1.00. The highest BCUT2D eigenvalue weighted by molar-refractivity contribution is 4.51. The normalized spacial score (nSPS) is 11.7. The largest absolute Gasteiger partial charge is 0.379 e. The Kier molecular flexibility index (Phi) is 14.2. The van der Waals surface area contributed by atoms with Crippen molar-refractivity contribution in [2.24, 2.45) is 5.92 Å². The molecule has 19 heavy (non-hydrogen) atoms. The first-order valence-corrected chi connectivity index (χ1v) is 8.01. The Morgan fingerprint density at radius 1 is 0.737 bits per heavy atom. The van der Waals surface area contributed by atoms with E-state index in [1.54, 1.807) is 0 Å². The summed E-state index contributed by atoms with van der Waals surface area (Å²) in [5, 5.41) is 3.32. The third-order valence-corrected chi connectivity index (χ3v) is 2.99. The number of ether oxygens (including phenoxy) is 2. The Morgan fingerprint density at radius 2 is 1.37 bits per heavy atom. The van der Waals surface area contributed by atoms with Crippen molar-refractivity contribution in [2.45, 2.75) is 65.8 Å². The zero-order chi connectivity index (χ0) is 14.3. The van der Waals surface area contributed by atoms with Gasteiger partial charge in [0.1, 0.15) is 0 Å². The molecule has 0 aliphatic rings.